The Morgan fingerprint density at radius 1 is 1.00 bits per heavy atom. The highest BCUT2D eigenvalue weighted by Crippen LogP contribution is 2.13. The van der Waals surface area contributed by atoms with Crippen molar-refractivity contribution in [2.24, 2.45) is 5.92 Å². The number of carbonyl (C=O) groups is 3. The van der Waals surface area contributed by atoms with Crippen LogP contribution >= 0.6 is 27.5 Å². The zero-order chi connectivity index (χ0) is 20.0. The number of hydrogen-bond donors (Lipinski definition) is 1. The van der Waals surface area contributed by atoms with Crippen LogP contribution in [-0.2, 0) is 9.53 Å². The third kappa shape index (κ3) is 6.19. The molecule has 0 saturated carbocycles. The van der Waals surface area contributed by atoms with Crippen LogP contribution < -0.4 is 5.32 Å². The molecule has 1 atom stereocenters. The van der Waals surface area contributed by atoms with Gasteiger partial charge in [0.1, 0.15) is 6.04 Å². The summed E-state index contributed by atoms with van der Waals surface area (Å²) in [5, 5.41) is 3.18. The van der Waals surface area contributed by atoms with Crippen molar-refractivity contribution < 1.29 is 19.1 Å². The Balaban J connectivity index is 1.97. The molecule has 27 heavy (non-hydrogen) atoms. The summed E-state index contributed by atoms with van der Waals surface area (Å²) in [6, 6.07) is 12.2. The summed E-state index contributed by atoms with van der Waals surface area (Å²) < 4.78 is 5.97. The molecule has 0 radical (unpaired) electrons. The summed E-state index contributed by atoms with van der Waals surface area (Å²) in [6.45, 7) is 3.17. The first-order chi connectivity index (χ1) is 12.8. The van der Waals surface area contributed by atoms with Gasteiger partial charge in [0.15, 0.2) is 12.4 Å². The van der Waals surface area contributed by atoms with Gasteiger partial charge in [-0.2, -0.15) is 0 Å². The minimum Gasteiger partial charge on any atom is -0.456 e. The molecule has 0 unspecified atom stereocenters. The van der Waals surface area contributed by atoms with Crippen LogP contribution in [0, 0.1) is 5.92 Å². The molecule has 7 heteroatoms. The maximum atomic E-state index is 12.4. The summed E-state index contributed by atoms with van der Waals surface area (Å²) in [7, 11) is 0. The number of carbonyl (C=O) groups excluding carboxylic acids is 3. The lowest BCUT2D eigenvalue weighted by Gasteiger charge is -2.20. The van der Waals surface area contributed by atoms with Crippen LogP contribution in [0.15, 0.2) is 53.0 Å². The van der Waals surface area contributed by atoms with Crippen LogP contribution in [0.4, 0.5) is 0 Å². The second-order valence-electron chi connectivity index (χ2n) is 6.24. The summed E-state index contributed by atoms with van der Waals surface area (Å²) in [4.78, 5) is 36.8. The third-order valence-corrected chi connectivity index (χ3v) is 4.61. The van der Waals surface area contributed by atoms with Crippen molar-refractivity contribution in [3.05, 3.63) is 69.2 Å². The van der Waals surface area contributed by atoms with Gasteiger partial charge >= 0.3 is 5.97 Å². The van der Waals surface area contributed by atoms with Crippen molar-refractivity contribution >= 4 is 45.2 Å². The maximum Gasteiger partial charge on any atom is 0.329 e. The van der Waals surface area contributed by atoms with Crippen molar-refractivity contribution in [3.63, 3.8) is 0 Å². The van der Waals surface area contributed by atoms with E-state index in [9.17, 15) is 14.4 Å². The number of ether oxygens (including phenoxy) is 1. The van der Waals surface area contributed by atoms with Gasteiger partial charge in [-0.05, 0) is 54.4 Å². The summed E-state index contributed by atoms with van der Waals surface area (Å²) >= 11 is 9.09. The quantitative estimate of drug-likeness (QED) is 0.503. The third-order valence-electron chi connectivity index (χ3n) is 3.83. The minimum absolute atomic E-state index is 0.206. The van der Waals surface area contributed by atoms with E-state index in [-0.39, 0.29) is 17.6 Å². The molecule has 0 heterocycles. The van der Waals surface area contributed by atoms with Crippen molar-refractivity contribution in [2.45, 2.75) is 19.9 Å². The van der Waals surface area contributed by atoms with Gasteiger partial charge in [0, 0.05) is 20.6 Å². The molecule has 1 N–H and O–H groups in total. The van der Waals surface area contributed by atoms with Crippen molar-refractivity contribution in [2.75, 3.05) is 6.61 Å². The molecule has 5 nitrogen and oxygen atoms in total. The largest absolute Gasteiger partial charge is 0.456 e. The van der Waals surface area contributed by atoms with Gasteiger partial charge < -0.3 is 10.1 Å². The fraction of sp³-hybridized carbons (Fsp3) is 0.250. The lowest BCUT2D eigenvalue weighted by atomic mass is 10.0. The number of benzene rings is 2. The number of Topliss-reactive ketones (excluding diaryl/α,β-unsaturated/α-hetero) is 1. The molecular formula is C20H19BrClNO4. The highest BCUT2D eigenvalue weighted by atomic mass is 79.9. The Morgan fingerprint density at radius 3 is 2.11 bits per heavy atom. The maximum absolute atomic E-state index is 12.4. The Labute approximate surface area is 171 Å². The fourth-order valence-corrected chi connectivity index (χ4v) is 2.66. The van der Waals surface area contributed by atoms with E-state index < -0.39 is 18.6 Å². The summed E-state index contributed by atoms with van der Waals surface area (Å²) in [6.07, 6.45) is 0. The van der Waals surface area contributed by atoms with E-state index in [1.165, 1.54) is 0 Å². The molecule has 0 saturated heterocycles. The number of ketones is 1. The van der Waals surface area contributed by atoms with E-state index in [4.69, 9.17) is 16.3 Å². The van der Waals surface area contributed by atoms with E-state index in [1.807, 2.05) is 0 Å². The van der Waals surface area contributed by atoms with Gasteiger partial charge in [0.2, 0.25) is 0 Å². The van der Waals surface area contributed by atoms with Crippen molar-refractivity contribution in [1.82, 2.24) is 5.32 Å². The van der Waals surface area contributed by atoms with Gasteiger partial charge in [0.05, 0.1) is 0 Å². The molecule has 2 rings (SSSR count). The summed E-state index contributed by atoms with van der Waals surface area (Å²) in [5.74, 6) is -1.59. The Morgan fingerprint density at radius 2 is 1.56 bits per heavy atom. The molecule has 2 aromatic carbocycles. The van der Waals surface area contributed by atoms with E-state index in [1.54, 1.807) is 62.4 Å². The topological polar surface area (TPSA) is 72.5 Å². The molecule has 0 bridgehead atoms. The lowest BCUT2D eigenvalue weighted by Crippen LogP contribution is -2.45. The lowest BCUT2D eigenvalue weighted by molar-refractivity contribution is -0.145. The molecule has 0 aliphatic heterocycles. The average Bonchev–Trinajstić information content (AvgIpc) is 2.64. The van der Waals surface area contributed by atoms with E-state index in [0.717, 1.165) is 4.47 Å². The van der Waals surface area contributed by atoms with Gasteiger partial charge in [-0.3, -0.25) is 9.59 Å². The molecule has 0 aliphatic rings. The van der Waals surface area contributed by atoms with Crippen LogP contribution in [0.5, 0.6) is 0 Å². The fourth-order valence-electron chi connectivity index (χ4n) is 2.27. The van der Waals surface area contributed by atoms with E-state index in [2.05, 4.69) is 21.2 Å². The predicted molar refractivity (Wildman–Crippen MR) is 107 cm³/mol. The highest BCUT2D eigenvalue weighted by molar-refractivity contribution is 9.10. The summed E-state index contributed by atoms with van der Waals surface area (Å²) in [5.41, 5.74) is 0.820. The smallest absolute Gasteiger partial charge is 0.329 e. The normalized spacial score (nSPS) is 11.7. The van der Waals surface area contributed by atoms with Gasteiger partial charge in [-0.25, -0.2) is 4.79 Å². The van der Waals surface area contributed by atoms with Gasteiger partial charge in [-0.15, -0.1) is 0 Å². The SMILES string of the molecule is CC(C)[C@@H](NC(=O)c1ccc(Br)cc1)C(=O)OCC(=O)c1ccc(Cl)cc1. The van der Waals surface area contributed by atoms with Crippen LogP contribution in [0.2, 0.25) is 5.02 Å². The molecule has 0 aliphatic carbocycles. The number of amides is 1. The standard InChI is InChI=1S/C20H19BrClNO4/c1-12(2)18(23-19(25)14-3-7-15(21)8-4-14)20(26)27-11-17(24)13-5-9-16(22)10-6-13/h3-10,12,18H,11H2,1-2H3,(H,23,25)/t18-/m1/s1. The molecule has 1 amide bonds. The monoisotopic (exact) mass is 451 g/mol. The molecule has 142 valence electrons. The molecule has 0 fully saturated rings. The molecule has 0 spiro atoms. The number of rotatable bonds is 7. The first-order valence-electron chi connectivity index (χ1n) is 8.29. The van der Waals surface area contributed by atoms with Crippen LogP contribution in [0.25, 0.3) is 0 Å². The van der Waals surface area contributed by atoms with Crippen molar-refractivity contribution in [1.29, 1.82) is 0 Å². The Hall–Kier alpha value is -2.18. The minimum atomic E-state index is -0.862. The van der Waals surface area contributed by atoms with Crippen molar-refractivity contribution in [3.8, 4) is 0 Å². The first kappa shape index (κ1) is 21.1. The highest BCUT2D eigenvalue weighted by Gasteiger charge is 2.27. The Kier molecular flexibility index (Phi) is 7.56. The van der Waals surface area contributed by atoms with Gasteiger partial charge in [0.25, 0.3) is 5.91 Å². The predicted octanol–water partition coefficient (Wildman–Crippen LogP) is 4.28. The van der Waals surface area contributed by atoms with Crippen LogP contribution in [0.3, 0.4) is 0 Å². The van der Waals surface area contributed by atoms with Gasteiger partial charge in [-0.1, -0.05) is 41.4 Å². The zero-order valence-corrected chi connectivity index (χ0v) is 17.2. The number of halogens is 2. The van der Waals surface area contributed by atoms with E-state index >= 15 is 0 Å². The number of nitrogens with one attached hydrogen (secondary N) is 1. The molecular weight excluding hydrogens is 434 g/mol. The molecule has 2 aromatic rings. The second kappa shape index (κ2) is 9.67. The average molecular weight is 453 g/mol. The first-order valence-corrected chi connectivity index (χ1v) is 9.47. The van der Waals surface area contributed by atoms with E-state index in [0.29, 0.717) is 16.1 Å². The molecule has 0 aromatic heterocycles. The number of esters is 1. The Bertz CT molecular complexity index is 819. The number of hydrogen-bond acceptors (Lipinski definition) is 4. The second-order valence-corrected chi connectivity index (χ2v) is 7.59. The van der Waals surface area contributed by atoms with Crippen LogP contribution in [-0.4, -0.2) is 30.3 Å². The zero-order valence-electron chi connectivity index (χ0n) is 14.9. The van der Waals surface area contributed by atoms with Crippen LogP contribution in [0.1, 0.15) is 34.6 Å².